The van der Waals surface area contributed by atoms with Crippen LogP contribution in [0.4, 0.5) is 0 Å². The number of imidazole rings is 1. The first-order valence-corrected chi connectivity index (χ1v) is 8.50. The zero-order chi connectivity index (χ0) is 18.0. The van der Waals surface area contributed by atoms with Gasteiger partial charge in [-0.05, 0) is 39.0 Å². The molecule has 7 nitrogen and oxygen atoms in total. The van der Waals surface area contributed by atoms with Crippen molar-refractivity contribution in [3.8, 4) is 6.01 Å². The van der Waals surface area contributed by atoms with Crippen molar-refractivity contribution in [2.75, 3.05) is 33.4 Å². The maximum absolute atomic E-state index is 13.0. The molecule has 0 spiro atoms. The first-order chi connectivity index (χ1) is 11.9. The predicted octanol–water partition coefficient (Wildman–Crippen LogP) is 2.23. The number of H-pyrrole nitrogens is 1. The minimum Gasteiger partial charge on any atom is -0.465 e. The summed E-state index contributed by atoms with van der Waals surface area (Å²) in [5.74, 6) is -0.0214. The van der Waals surface area contributed by atoms with Gasteiger partial charge in [0.25, 0.3) is 11.9 Å². The van der Waals surface area contributed by atoms with Gasteiger partial charge in [-0.25, -0.2) is 0 Å². The van der Waals surface area contributed by atoms with Gasteiger partial charge in [-0.15, -0.1) is 0 Å². The van der Waals surface area contributed by atoms with E-state index in [2.05, 4.69) is 9.97 Å². The summed E-state index contributed by atoms with van der Waals surface area (Å²) < 4.78 is 16.6. The summed E-state index contributed by atoms with van der Waals surface area (Å²) in [6, 6.07) is 5.92. The number of benzene rings is 1. The smallest absolute Gasteiger partial charge is 0.294 e. The molecule has 0 bridgehead atoms. The Labute approximate surface area is 147 Å². The second-order valence-corrected chi connectivity index (χ2v) is 6.85. The van der Waals surface area contributed by atoms with Crippen molar-refractivity contribution in [2.24, 2.45) is 0 Å². The van der Waals surface area contributed by atoms with E-state index in [1.54, 1.807) is 13.2 Å². The molecule has 0 aliphatic carbocycles. The molecular formula is C18H25N3O4. The van der Waals surface area contributed by atoms with E-state index in [1.165, 1.54) is 0 Å². The van der Waals surface area contributed by atoms with E-state index in [4.69, 9.17) is 14.2 Å². The normalized spacial score (nSPS) is 20.0. The average Bonchev–Trinajstić information content (AvgIpc) is 2.94. The molecular weight excluding hydrogens is 322 g/mol. The number of carbonyl (C=O) groups excluding carboxylic acids is 1. The first kappa shape index (κ1) is 17.7. The van der Waals surface area contributed by atoms with Crippen LogP contribution in [0.2, 0.25) is 0 Å². The third-order valence-electron chi connectivity index (χ3n) is 4.11. The number of rotatable bonds is 5. The van der Waals surface area contributed by atoms with Crippen molar-refractivity contribution in [1.29, 1.82) is 0 Å². The zero-order valence-corrected chi connectivity index (χ0v) is 15.2. The van der Waals surface area contributed by atoms with Gasteiger partial charge in [0.2, 0.25) is 0 Å². The number of fused-ring (bicyclic) bond motifs is 1. The van der Waals surface area contributed by atoms with Crippen molar-refractivity contribution in [3.63, 3.8) is 0 Å². The molecule has 1 atom stereocenters. The fourth-order valence-electron chi connectivity index (χ4n) is 3.23. The van der Waals surface area contributed by atoms with Gasteiger partial charge in [0.15, 0.2) is 0 Å². The highest BCUT2D eigenvalue weighted by Gasteiger charge is 2.36. The minimum atomic E-state index is -0.405. The van der Waals surface area contributed by atoms with E-state index in [-0.39, 0.29) is 12.0 Å². The number of methoxy groups -OCH3 is 1. The molecule has 1 aromatic carbocycles. The SMILES string of the molecule is CCOc1nc2ccc(C(=O)N3C[C@@H](COC)OC(C)(C)C3)cc2[nH]1. The molecule has 0 radical (unpaired) electrons. The lowest BCUT2D eigenvalue weighted by Crippen LogP contribution is -2.55. The maximum atomic E-state index is 13.0. The van der Waals surface area contributed by atoms with Gasteiger partial charge < -0.3 is 24.1 Å². The van der Waals surface area contributed by atoms with Gasteiger partial charge in [-0.1, -0.05) is 0 Å². The summed E-state index contributed by atoms with van der Waals surface area (Å²) in [5.41, 5.74) is 1.78. The van der Waals surface area contributed by atoms with Crippen molar-refractivity contribution >= 4 is 16.9 Å². The molecule has 136 valence electrons. The minimum absolute atomic E-state index is 0.0214. The number of amides is 1. The van der Waals surface area contributed by atoms with Crippen LogP contribution in [0.1, 0.15) is 31.1 Å². The summed E-state index contributed by atoms with van der Waals surface area (Å²) in [5, 5.41) is 0. The Kier molecular flexibility index (Phi) is 4.96. The summed E-state index contributed by atoms with van der Waals surface area (Å²) in [6.45, 7) is 7.93. The van der Waals surface area contributed by atoms with Crippen LogP contribution in [-0.2, 0) is 9.47 Å². The Morgan fingerprint density at radius 3 is 3.00 bits per heavy atom. The molecule has 7 heteroatoms. The lowest BCUT2D eigenvalue weighted by Gasteiger charge is -2.42. The fraction of sp³-hybridized carbons (Fsp3) is 0.556. The highest BCUT2D eigenvalue weighted by Crippen LogP contribution is 2.24. The van der Waals surface area contributed by atoms with Crippen LogP contribution in [0.3, 0.4) is 0 Å². The molecule has 25 heavy (non-hydrogen) atoms. The van der Waals surface area contributed by atoms with Gasteiger partial charge in [-0.3, -0.25) is 4.79 Å². The summed E-state index contributed by atoms with van der Waals surface area (Å²) in [7, 11) is 1.64. The number of nitrogens with zero attached hydrogens (tertiary/aromatic N) is 2. The van der Waals surface area contributed by atoms with Gasteiger partial charge in [0, 0.05) is 25.8 Å². The second kappa shape index (κ2) is 7.01. The Balaban J connectivity index is 1.82. The number of nitrogens with one attached hydrogen (secondary N) is 1. The van der Waals surface area contributed by atoms with Crippen LogP contribution >= 0.6 is 0 Å². The van der Waals surface area contributed by atoms with Gasteiger partial charge >= 0.3 is 0 Å². The van der Waals surface area contributed by atoms with E-state index in [0.29, 0.717) is 37.9 Å². The molecule has 2 aromatic rings. The lowest BCUT2D eigenvalue weighted by molar-refractivity contribution is -0.143. The Morgan fingerprint density at radius 1 is 1.48 bits per heavy atom. The Hall–Kier alpha value is -2.12. The number of morpholine rings is 1. The summed E-state index contributed by atoms with van der Waals surface area (Å²) in [6.07, 6.45) is -0.127. The number of hydrogen-bond donors (Lipinski definition) is 1. The van der Waals surface area contributed by atoms with Crippen molar-refractivity contribution in [2.45, 2.75) is 32.5 Å². The van der Waals surface area contributed by atoms with Crippen LogP contribution in [0, 0.1) is 0 Å². The molecule has 1 aliphatic heterocycles. The van der Waals surface area contributed by atoms with Crippen LogP contribution in [0.15, 0.2) is 18.2 Å². The molecule has 1 N–H and O–H groups in total. The molecule has 1 aromatic heterocycles. The molecule has 1 saturated heterocycles. The second-order valence-electron chi connectivity index (χ2n) is 6.85. The topological polar surface area (TPSA) is 76.7 Å². The summed E-state index contributed by atoms with van der Waals surface area (Å²) in [4.78, 5) is 22.2. The summed E-state index contributed by atoms with van der Waals surface area (Å²) >= 11 is 0. The van der Waals surface area contributed by atoms with Crippen LogP contribution in [-0.4, -0.2) is 65.9 Å². The number of ether oxygens (including phenoxy) is 3. The van der Waals surface area contributed by atoms with E-state index >= 15 is 0 Å². The Bertz CT molecular complexity index is 756. The number of hydrogen-bond acceptors (Lipinski definition) is 5. The highest BCUT2D eigenvalue weighted by atomic mass is 16.5. The maximum Gasteiger partial charge on any atom is 0.294 e. The third kappa shape index (κ3) is 3.93. The molecule has 0 saturated carbocycles. The number of carbonyl (C=O) groups is 1. The van der Waals surface area contributed by atoms with Crippen LogP contribution in [0.5, 0.6) is 6.01 Å². The lowest BCUT2D eigenvalue weighted by atomic mass is 10.0. The predicted molar refractivity (Wildman–Crippen MR) is 94.0 cm³/mol. The standard InChI is InChI=1S/C18H25N3O4/c1-5-24-17-19-14-7-6-12(8-15(14)20-17)16(22)21-9-13(10-23-4)25-18(2,3)11-21/h6-8,13H,5,9-11H2,1-4H3,(H,19,20)/t13-/m0/s1. The average molecular weight is 347 g/mol. The molecule has 0 unspecified atom stereocenters. The number of aromatic nitrogens is 2. The fourth-order valence-corrected chi connectivity index (χ4v) is 3.23. The van der Waals surface area contributed by atoms with Crippen molar-refractivity contribution in [3.05, 3.63) is 23.8 Å². The van der Waals surface area contributed by atoms with E-state index in [0.717, 1.165) is 11.0 Å². The van der Waals surface area contributed by atoms with Crippen molar-refractivity contribution in [1.82, 2.24) is 14.9 Å². The van der Waals surface area contributed by atoms with Gasteiger partial charge in [0.05, 0.1) is 36.0 Å². The highest BCUT2D eigenvalue weighted by molar-refractivity contribution is 5.97. The largest absolute Gasteiger partial charge is 0.465 e. The molecule has 2 heterocycles. The monoisotopic (exact) mass is 347 g/mol. The van der Waals surface area contributed by atoms with E-state index in [9.17, 15) is 4.79 Å². The van der Waals surface area contributed by atoms with Crippen LogP contribution in [0.25, 0.3) is 11.0 Å². The molecule has 1 aliphatic rings. The van der Waals surface area contributed by atoms with Gasteiger partial charge in [-0.2, -0.15) is 4.98 Å². The quantitative estimate of drug-likeness (QED) is 0.897. The third-order valence-corrected chi connectivity index (χ3v) is 4.11. The zero-order valence-electron chi connectivity index (χ0n) is 15.2. The first-order valence-electron chi connectivity index (χ1n) is 8.50. The van der Waals surface area contributed by atoms with E-state index < -0.39 is 5.60 Å². The van der Waals surface area contributed by atoms with Crippen molar-refractivity contribution < 1.29 is 19.0 Å². The van der Waals surface area contributed by atoms with E-state index in [1.807, 2.05) is 37.8 Å². The van der Waals surface area contributed by atoms with Gasteiger partial charge in [0.1, 0.15) is 0 Å². The Morgan fingerprint density at radius 2 is 2.28 bits per heavy atom. The molecule has 1 amide bonds. The number of aromatic amines is 1. The van der Waals surface area contributed by atoms with Crippen LogP contribution < -0.4 is 4.74 Å². The molecule has 1 fully saturated rings. The molecule has 3 rings (SSSR count).